The minimum Gasteiger partial charge on any atom is -0.369 e. The molecule has 4 nitrogen and oxygen atoms in total. The van der Waals surface area contributed by atoms with E-state index in [9.17, 15) is 13.6 Å². The summed E-state index contributed by atoms with van der Waals surface area (Å²) in [4.78, 5) is 17.3. The molecule has 2 heterocycles. The summed E-state index contributed by atoms with van der Waals surface area (Å²) >= 11 is 5.96. The van der Waals surface area contributed by atoms with Crippen LogP contribution in [0.25, 0.3) is 0 Å². The first-order valence-corrected chi connectivity index (χ1v) is 5.86. The van der Waals surface area contributed by atoms with Crippen molar-refractivity contribution in [1.29, 1.82) is 0 Å². The van der Waals surface area contributed by atoms with Crippen molar-refractivity contribution >= 4 is 23.2 Å². The van der Waals surface area contributed by atoms with Gasteiger partial charge in [-0.1, -0.05) is 11.6 Å². The lowest BCUT2D eigenvalue weighted by Crippen LogP contribution is -2.54. The van der Waals surface area contributed by atoms with Gasteiger partial charge in [0, 0.05) is 25.5 Å². The maximum absolute atomic E-state index is 11.9. The van der Waals surface area contributed by atoms with E-state index in [-0.39, 0.29) is 11.8 Å². The van der Waals surface area contributed by atoms with E-state index in [4.69, 9.17) is 11.6 Å². The molecule has 0 aromatic carbocycles. The Kier molecular flexibility index (Phi) is 3.96. The van der Waals surface area contributed by atoms with Gasteiger partial charge in [-0.25, -0.2) is 8.78 Å². The summed E-state index contributed by atoms with van der Waals surface area (Å²) in [6.45, 7) is 0.378. The van der Waals surface area contributed by atoms with Gasteiger partial charge in [0.05, 0.1) is 23.2 Å². The van der Waals surface area contributed by atoms with Crippen LogP contribution < -0.4 is 10.2 Å². The number of pyridine rings is 1. The number of rotatable bonds is 4. The van der Waals surface area contributed by atoms with Gasteiger partial charge < -0.3 is 10.2 Å². The largest absolute Gasteiger partial charge is 0.369 e. The van der Waals surface area contributed by atoms with Crippen molar-refractivity contribution in [3.63, 3.8) is 0 Å². The average Bonchev–Trinajstić information content (AvgIpc) is 2.27. The first-order chi connectivity index (χ1) is 8.58. The molecule has 0 saturated carbocycles. The number of hydrogen-bond donors (Lipinski definition) is 1. The highest BCUT2D eigenvalue weighted by Gasteiger charge is 2.33. The molecular weight excluding hydrogens is 264 g/mol. The third-order valence-electron chi connectivity index (χ3n) is 2.77. The second-order valence-corrected chi connectivity index (χ2v) is 4.47. The molecule has 1 N–H and O–H groups in total. The highest BCUT2D eigenvalue weighted by molar-refractivity contribution is 6.33. The molecular formula is C11H12ClF2N3O. The second kappa shape index (κ2) is 5.48. The molecule has 1 aliphatic heterocycles. The predicted octanol–water partition coefficient (Wildman–Crippen LogP) is 1.55. The monoisotopic (exact) mass is 275 g/mol. The van der Waals surface area contributed by atoms with Crippen LogP contribution in [0.3, 0.4) is 0 Å². The fourth-order valence-electron chi connectivity index (χ4n) is 1.79. The van der Waals surface area contributed by atoms with E-state index in [0.29, 0.717) is 18.1 Å². The lowest BCUT2D eigenvalue weighted by molar-refractivity contribution is -0.126. The van der Waals surface area contributed by atoms with Gasteiger partial charge in [-0.15, -0.1) is 0 Å². The Morgan fingerprint density at radius 2 is 2.33 bits per heavy atom. The summed E-state index contributed by atoms with van der Waals surface area (Å²) in [5, 5.41) is 2.73. The number of aromatic nitrogens is 1. The molecule has 0 radical (unpaired) electrons. The van der Waals surface area contributed by atoms with Crippen LogP contribution in [0.4, 0.5) is 14.5 Å². The van der Waals surface area contributed by atoms with Crippen LogP contribution in [-0.2, 0) is 4.79 Å². The normalized spacial score (nSPS) is 15.7. The zero-order chi connectivity index (χ0) is 13.1. The number of alkyl halides is 2. The number of amides is 1. The summed E-state index contributed by atoms with van der Waals surface area (Å²) < 4.78 is 23.9. The van der Waals surface area contributed by atoms with E-state index in [1.54, 1.807) is 12.3 Å². The van der Waals surface area contributed by atoms with Gasteiger partial charge in [-0.3, -0.25) is 9.78 Å². The molecule has 1 aromatic rings. The Bertz CT molecular complexity index is 438. The SMILES string of the molecule is O=C(NCC(F)F)C1CN(c2ccncc2Cl)C1. The lowest BCUT2D eigenvalue weighted by atomic mass is 9.98. The molecule has 1 amide bonds. The van der Waals surface area contributed by atoms with Crippen molar-refractivity contribution in [2.75, 3.05) is 24.5 Å². The van der Waals surface area contributed by atoms with Crippen LogP contribution in [0.5, 0.6) is 0 Å². The van der Waals surface area contributed by atoms with Crippen LogP contribution in [0.15, 0.2) is 18.5 Å². The van der Waals surface area contributed by atoms with E-state index in [2.05, 4.69) is 10.3 Å². The maximum Gasteiger partial charge on any atom is 0.255 e. The minimum atomic E-state index is -2.51. The number of carbonyl (C=O) groups is 1. The summed E-state index contributed by atoms with van der Waals surface area (Å²) in [5.74, 6) is -0.593. The molecule has 0 aliphatic carbocycles. The molecule has 0 atom stereocenters. The van der Waals surface area contributed by atoms with Gasteiger partial charge in [0.1, 0.15) is 0 Å². The molecule has 1 fully saturated rings. The van der Waals surface area contributed by atoms with E-state index in [1.807, 2.05) is 4.90 Å². The van der Waals surface area contributed by atoms with E-state index >= 15 is 0 Å². The first kappa shape index (κ1) is 13.0. The minimum absolute atomic E-state index is 0.256. The topological polar surface area (TPSA) is 45.2 Å². The Morgan fingerprint density at radius 3 is 2.94 bits per heavy atom. The Hall–Kier alpha value is -1.43. The summed E-state index contributed by atoms with van der Waals surface area (Å²) in [5.41, 5.74) is 0.810. The molecule has 98 valence electrons. The van der Waals surface area contributed by atoms with Crippen LogP contribution in [-0.4, -0.2) is 37.0 Å². The third kappa shape index (κ3) is 2.87. The molecule has 18 heavy (non-hydrogen) atoms. The Morgan fingerprint density at radius 1 is 1.61 bits per heavy atom. The van der Waals surface area contributed by atoms with Gasteiger partial charge in [0.25, 0.3) is 6.43 Å². The second-order valence-electron chi connectivity index (χ2n) is 4.07. The number of anilines is 1. The van der Waals surface area contributed by atoms with Gasteiger partial charge in [0.15, 0.2) is 0 Å². The lowest BCUT2D eigenvalue weighted by Gasteiger charge is -2.40. The Balaban J connectivity index is 1.84. The quantitative estimate of drug-likeness (QED) is 0.907. The van der Waals surface area contributed by atoms with Gasteiger partial charge in [0.2, 0.25) is 5.91 Å². The zero-order valence-electron chi connectivity index (χ0n) is 9.44. The third-order valence-corrected chi connectivity index (χ3v) is 3.07. The van der Waals surface area contributed by atoms with Crippen LogP contribution in [0.1, 0.15) is 0 Å². The number of halogens is 3. The molecule has 0 unspecified atom stereocenters. The summed E-state index contributed by atoms with van der Waals surface area (Å²) in [7, 11) is 0. The molecule has 1 saturated heterocycles. The average molecular weight is 276 g/mol. The molecule has 2 rings (SSSR count). The smallest absolute Gasteiger partial charge is 0.255 e. The van der Waals surface area contributed by atoms with Crippen molar-refractivity contribution in [2.24, 2.45) is 5.92 Å². The number of hydrogen-bond acceptors (Lipinski definition) is 3. The molecule has 7 heteroatoms. The molecule has 0 spiro atoms. The Labute approximate surface area is 108 Å². The van der Waals surface area contributed by atoms with Crippen molar-refractivity contribution in [3.8, 4) is 0 Å². The van der Waals surface area contributed by atoms with Gasteiger partial charge in [-0.05, 0) is 6.07 Å². The van der Waals surface area contributed by atoms with Crippen LogP contribution >= 0.6 is 11.6 Å². The van der Waals surface area contributed by atoms with Crippen LogP contribution in [0.2, 0.25) is 5.02 Å². The molecule has 0 bridgehead atoms. The van der Waals surface area contributed by atoms with E-state index < -0.39 is 13.0 Å². The summed E-state index contributed by atoms with van der Waals surface area (Å²) in [6, 6.07) is 1.76. The maximum atomic E-state index is 11.9. The standard InChI is InChI=1S/C11H12ClF2N3O/c12-8-3-15-2-1-9(8)17-5-7(6-17)11(18)16-4-10(13)14/h1-3,7,10H,4-6H2,(H,16,18). The fraction of sp³-hybridized carbons (Fsp3) is 0.455. The van der Waals surface area contributed by atoms with Crippen molar-refractivity contribution < 1.29 is 13.6 Å². The first-order valence-electron chi connectivity index (χ1n) is 5.48. The van der Waals surface area contributed by atoms with E-state index in [1.165, 1.54) is 6.20 Å². The zero-order valence-corrected chi connectivity index (χ0v) is 10.2. The highest BCUT2D eigenvalue weighted by atomic mass is 35.5. The highest BCUT2D eigenvalue weighted by Crippen LogP contribution is 2.30. The van der Waals surface area contributed by atoms with E-state index in [0.717, 1.165) is 5.69 Å². The predicted molar refractivity (Wildman–Crippen MR) is 64.0 cm³/mol. The van der Waals surface area contributed by atoms with Crippen LogP contribution in [0, 0.1) is 5.92 Å². The summed E-state index contributed by atoms with van der Waals surface area (Å²) in [6.07, 6.45) is 0.631. The van der Waals surface area contributed by atoms with Gasteiger partial charge in [-0.2, -0.15) is 0 Å². The fourth-order valence-corrected chi connectivity index (χ4v) is 2.03. The number of nitrogens with zero attached hydrogens (tertiary/aromatic N) is 2. The van der Waals surface area contributed by atoms with Gasteiger partial charge >= 0.3 is 0 Å². The van der Waals surface area contributed by atoms with Crippen molar-refractivity contribution in [1.82, 2.24) is 10.3 Å². The number of nitrogens with one attached hydrogen (secondary N) is 1. The molecule has 1 aliphatic rings. The molecule has 1 aromatic heterocycles. The van der Waals surface area contributed by atoms with Crippen molar-refractivity contribution in [3.05, 3.63) is 23.5 Å². The number of carbonyl (C=O) groups excluding carboxylic acids is 1. The van der Waals surface area contributed by atoms with Crippen molar-refractivity contribution in [2.45, 2.75) is 6.43 Å².